The summed E-state index contributed by atoms with van der Waals surface area (Å²) >= 11 is 0. The van der Waals surface area contributed by atoms with Gasteiger partial charge in [0, 0.05) is 5.56 Å². The van der Waals surface area contributed by atoms with Crippen LogP contribution in [0.3, 0.4) is 0 Å². The zero-order chi connectivity index (χ0) is 15.2. The molecule has 0 radical (unpaired) electrons. The lowest BCUT2D eigenvalue weighted by Gasteiger charge is -2.07. The SMILES string of the molecule is O=C1C=CCN=C1.O=Cc1ccc(F)c(C(F)(F)F)c1. The van der Waals surface area contributed by atoms with Crippen LogP contribution in [0.25, 0.3) is 0 Å². The lowest BCUT2D eigenvalue weighted by molar-refractivity contribution is -0.140. The van der Waals surface area contributed by atoms with E-state index in [0.29, 0.717) is 18.7 Å². The first-order chi connectivity index (χ1) is 9.34. The third kappa shape index (κ3) is 4.75. The van der Waals surface area contributed by atoms with E-state index in [1.54, 1.807) is 6.08 Å². The van der Waals surface area contributed by atoms with E-state index in [4.69, 9.17) is 0 Å². The van der Waals surface area contributed by atoms with E-state index in [1.807, 2.05) is 0 Å². The molecule has 1 aliphatic heterocycles. The Morgan fingerprint density at radius 1 is 1.25 bits per heavy atom. The van der Waals surface area contributed by atoms with Gasteiger partial charge in [-0.3, -0.25) is 14.6 Å². The topological polar surface area (TPSA) is 46.5 Å². The number of aliphatic imine (C=N–C) groups is 1. The predicted octanol–water partition coefficient (Wildman–Crippen LogP) is 2.85. The molecular weight excluding hydrogens is 278 g/mol. The molecular formula is C13H9F4NO2. The molecule has 106 valence electrons. The molecule has 7 heteroatoms. The molecule has 0 spiro atoms. The third-order valence-corrected chi connectivity index (χ3v) is 2.14. The first-order valence-electron chi connectivity index (χ1n) is 5.37. The van der Waals surface area contributed by atoms with Crippen LogP contribution in [-0.4, -0.2) is 24.8 Å². The highest BCUT2D eigenvalue weighted by Gasteiger charge is 2.34. The Balaban J connectivity index is 0.000000240. The van der Waals surface area contributed by atoms with Crippen molar-refractivity contribution in [3.8, 4) is 0 Å². The Hall–Kier alpha value is -2.31. The van der Waals surface area contributed by atoms with Crippen molar-refractivity contribution in [3.05, 3.63) is 47.3 Å². The number of dihydropyridines is 1. The molecule has 0 bridgehead atoms. The number of nitrogens with zero attached hydrogens (tertiary/aromatic N) is 1. The summed E-state index contributed by atoms with van der Waals surface area (Å²) < 4.78 is 48.6. The van der Waals surface area contributed by atoms with E-state index < -0.39 is 17.6 Å². The lowest BCUT2D eigenvalue weighted by atomic mass is 10.1. The molecule has 0 atom stereocenters. The summed E-state index contributed by atoms with van der Waals surface area (Å²) in [7, 11) is 0. The number of hydrogen-bond acceptors (Lipinski definition) is 3. The molecule has 0 aliphatic carbocycles. The molecule has 0 saturated carbocycles. The molecule has 2 rings (SSSR count). The molecule has 3 nitrogen and oxygen atoms in total. The van der Waals surface area contributed by atoms with Crippen molar-refractivity contribution in [2.24, 2.45) is 4.99 Å². The van der Waals surface area contributed by atoms with Gasteiger partial charge in [0.25, 0.3) is 0 Å². The van der Waals surface area contributed by atoms with Gasteiger partial charge in [-0.1, -0.05) is 6.08 Å². The Bertz CT molecular complexity index is 548. The van der Waals surface area contributed by atoms with E-state index in [0.717, 1.165) is 6.07 Å². The van der Waals surface area contributed by atoms with E-state index in [1.165, 1.54) is 12.3 Å². The van der Waals surface area contributed by atoms with E-state index in [2.05, 4.69) is 4.99 Å². The number of ketones is 1. The van der Waals surface area contributed by atoms with Crippen LogP contribution in [0.1, 0.15) is 15.9 Å². The van der Waals surface area contributed by atoms with E-state index in [9.17, 15) is 27.2 Å². The number of rotatable bonds is 1. The van der Waals surface area contributed by atoms with Crippen molar-refractivity contribution in [3.63, 3.8) is 0 Å². The number of alkyl halides is 3. The quantitative estimate of drug-likeness (QED) is 0.589. The molecule has 0 unspecified atom stereocenters. The van der Waals surface area contributed by atoms with Crippen molar-refractivity contribution >= 4 is 18.3 Å². The Kier molecular flexibility index (Phi) is 5.31. The van der Waals surface area contributed by atoms with Gasteiger partial charge in [-0.25, -0.2) is 4.39 Å². The highest BCUT2D eigenvalue weighted by atomic mass is 19.4. The zero-order valence-corrected chi connectivity index (χ0v) is 10.0. The number of aldehydes is 1. The molecule has 0 N–H and O–H groups in total. The maximum atomic E-state index is 12.6. The fourth-order valence-corrected chi connectivity index (χ4v) is 1.25. The van der Waals surface area contributed by atoms with Gasteiger partial charge in [0.2, 0.25) is 0 Å². The largest absolute Gasteiger partial charge is 0.419 e. The molecule has 0 amide bonds. The smallest absolute Gasteiger partial charge is 0.298 e. The van der Waals surface area contributed by atoms with Gasteiger partial charge in [0.05, 0.1) is 18.3 Å². The average Bonchev–Trinajstić information content (AvgIpc) is 2.39. The summed E-state index contributed by atoms with van der Waals surface area (Å²) in [6.45, 7) is 0.658. The highest BCUT2D eigenvalue weighted by molar-refractivity contribution is 6.33. The number of allylic oxidation sites excluding steroid dienone is 1. The summed E-state index contributed by atoms with van der Waals surface area (Å²) in [6.07, 6.45) is 0.0626. The summed E-state index contributed by atoms with van der Waals surface area (Å²) in [4.78, 5) is 24.0. The van der Waals surface area contributed by atoms with Crippen LogP contribution in [0.15, 0.2) is 35.3 Å². The molecule has 0 aromatic heterocycles. The minimum absolute atomic E-state index is 0.00810. The monoisotopic (exact) mass is 287 g/mol. The number of carbonyl (C=O) groups excluding carboxylic acids is 2. The number of hydrogen-bond donors (Lipinski definition) is 0. The van der Waals surface area contributed by atoms with Gasteiger partial charge in [-0.05, 0) is 24.3 Å². The Labute approximate surface area is 111 Å². The second-order valence-corrected chi connectivity index (χ2v) is 3.65. The van der Waals surface area contributed by atoms with Gasteiger partial charge >= 0.3 is 6.18 Å². The van der Waals surface area contributed by atoms with Gasteiger partial charge in [0.1, 0.15) is 12.1 Å². The molecule has 20 heavy (non-hydrogen) atoms. The van der Waals surface area contributed by atoms with Gasteiger partial charge < -0.3 is 0 Å². The normalized spacial score (nSPS) is 13.7. The molecule has 0 saturated heterocycles. The Morgan fingerprint density at radius 3 is 2.35 bits per heavy atom. The van der Waals surface area contributed by atoms with Crippen LogP contribution in [-0.2, 0) is 11.0 Å². The highest BCUT2D eigenvalue weighted by Crippen LogP contribution is 2.31. The maximum Gasteiger partial charge on any atom is 0.419 e. The zero-order valence-electron chi connectivity index (χ0n) is 10.0. The fourth-order valence-electron chi connectivity index (χ4n) is 1.25. The van der Waals surface area contributed by atoms with E-state index in [-0.39, 0.29) is 17.6 Å². The molecule has 1 aliphatic rings. The van der Waals surface area contributed by atoms with Gasteiger partial charge in [0.15, 0.2) is 5.78 Å². The maximum absolute atomic E-state index is 12.6. The van der Waals surface area contributed by atoms with Crippen LogP contribution in [0.4, 0.5) is 17.6 Å². The van der Waals surface area contributed by atoms with Gasteiger partial charge in [-0.15, -0.1) is 0 Å². The van der Waals surface area contributed by atoms with E-state index >= 15 is 0 Å². The van der Waals surface area contributed by atoms with Crippen LogP contribution in [0.2, 0.25) is 0 Å². The van der Waals surface area contributed by atoms with Crippen molar-refractivity contribution < 1.29 is 27.2 Å². The van der Waals surface area contributed by atoms with Gasteiger partial charge in [-0.2, -0.15) is 13.2 Å². The summed E-state index contributed by atoms with van der Waals surface area (Å²) in [5, 5.41) is 0. The summed E-state index contributed by atoms with van der Waals surface area (Å²) in [6, 6.07) is 2.08. The Morgan fingerprint density at radius 2 is 1.95 bits per heavy atom. The second-order valence-electron chi connectivity index (χ2n) is 3.65. The average molecular weight is 287 g/mol. The standard InChI is InChI=1S/C8H4F4O.C5H5NO/c9-7-2-1-5(4-13)3-6(7)8(10,11)12;7-5-2-1-3-6-4-5/h1-4H;1-2,4H,3H2. The van der Waals surface area contributed by atoms with Crippen molar-refractivity contribution in [1.29, 1.82) is 0 Å². The number of halogens is 4. The molecule has 0 fully saturated rings. The van der Waals surface area contributed by atoms with Crippen molar-refractivity contribution in [2.75, 3.05) is 6.54 Å². The fraction of sp³-hybridized carbons (Fsp3) is 0.154. The van der Waals surface area contributed by atoms with Crippen molar-refractivity contribution in [1.82, 2.24) is 0 Å². The van der Waals surface area contributed by atoms with Crippen molar-refractivity contribution in [2.45, 2.75) is 6.18 Å². The predicted molar refractivity (Wildman–Crippen MR) is 64.3 cm³/mol. The summed E-state index contributed by atoms with van der Waals surface area (Å²) in [5.41, 5.74) is -1.62. The first kappa shape index (κ1) is 15.7. The minimum atomic E-state index is -4.76. The molecule has 1 aromatic rings. The van der Waals surface area contributed by atoms with Crippen LogP contribution >= 0.6 is 0 Å². The molecule has 1 aromatic carbocycles. The van der Waals surface area contributed by atoms with Crippen LogP contribution in [0.5, 0.6) is 0 Å². The third-order valence-electron chi connectivity index (χ3n) is 2.14. The minimum Gasteiger partial charge on any atom is -0.298 e. The summed E-state index contributed by atoms with van der Waals surface area (Å²) in [5.74, 6) is -1.38. The molecule has 1 heterocycles. The first-order valence-corrected chi connectivity index (χ1v) is 5.37. The second kappa shape index (κ2) is 6.74. The lowest BCUT2D eigenvalue weighted by Crippen LogP contribution is -2.08. The number of carbonyl (C=O) groups is 2. The number of benzene rings is 1. The van der Waals surface area contributed by atoms with Crippen LogP contribution < -0.4 is 0 Å². The van der Waals surface area contributed by atoms with Crippen LogP contribution in [0, 0.1) is 5.82 Å².